The lowest BCUT2D eigenvalue weighted by Gasteiger charge is -2.25. The zero-order chi connectivity index (χ0) is 18.6. The first-order valence-corrected chi connectivity index (χ1v) is 9.90. The molecule has 0 radical (unpaired) electrons. The molecule has 1 saturated heterocycles. The van der Waals surface area contributed by atoms with Crippen LogP contribution in [-0.2, 0) is 22.4 Å². The number of ether oxygens (including phenoxy) is 1. The molecule has 3 aliphatic rings. The Morgan fingerprint density at radius 3 is 3.04 bits per heavy atom. The Morgan fingerprint density at radius 2 is 2.26 bits per heavy atom. The van der Waals surface area contributed by atoms with Gasteiger partial charge in [0.1, 0.15) is 11.5 Å². The summed E-state index contributed by atoms with van der Waals surface area (Å²) in [5, 5.41) is 3.08. The standard InChI is InChI=1S/C20H27N5O2/c1-25(12-18(26)22-14-6-5-11-27-13-14)20-15-7-4-9-16(15)23-19(24-20)17-8-2-3-10-21-17/h2,8,14H,3-7,9-13H2,1H3,(H,22,26). The molecule has 1 atom stereocenters. The van der Waals surface area contributed by atoms with Crippen LogP contribution in [0, 0.1) is 0 Å². The zero-order valence-corrected chi connectivity index (χ0v) is 15.9. The molecule has 0 saturated carbocycles. The minimum absolute atomic E-state index is 0.00909. The lowest BCUT2D eigenvalue weighted by atomic mass is 10.1. The van der Waals surface area contributed by atoms with E-state index in [0.29, 0.717) is 12.4 Å². The number of amides is 1. The Labute approximate surface area is 159 Å². The predicted molar refractivity (Wildman–Crippen MR) is 104 cm³/mol. The highest BCUT2D eigenvalue weighted by atomic mass is 16.5. The van der Waals surface area contributed by atoms with Crippen LogP contribution in [0.1, 0.15) is 42.8 Å². The number of nitrogens with zero attached hydrogens (tertiary/aromatic N) is 4. The summed E-state index contributed by atoms with van der Waals surface area (Å²) in [6, 6.07) is 0.119. The highest BCUT2D eigenvalue weighted by Crippen LogP contribution is 2.28. The van der Waals surface area contributed by atoms with Gasteiger partial charge in [-0.2, -0.15) is 0 Å². The molecule has 7 nitrogen and oxygen atoms in total. The van der Waals surface area contributed by atoms with Crippen molar-refractivity contribution in [1.29, 1.82) is 0 Å². The summed E-state index contributed by atoms with van der Waals surface area (Å²) in [7, 11) is 1.93. The Kier molecular flexibility index (Phi) is 5.48. The molecule has 1 amide bonds. The van der Waals surface area contributed by atoms with Gasteiger partial charge in [-0.1, -0.05) is 6.08 Å². The van der Waals surface area contributed by atoms with Crippen LogP contribution in [0.25, 0.3) is 0 Å². The Hall–Kier alpha value is -2.28. The molecule has 1 unspecified atom stereocenters. The fourth-order valence-corrected chi connectivity index (χ4v) is 3.91. The van der Waals surface area contributed by atoms with E-state index in [4.69, 9.17) is 14.7 Å². The van der Waals surface area contributed by atoms with Gasteiger partial charge in [0.2, 0.25) is 5.91 Å². The van der Waals surface area contributed by atoms with Crippen LogP contribution >= 0.6 is 0 Å². The second-order valence-electron chi connectivity index (χ2n) is 7.45. The number of anilines is 1. The number of nitrogens with one attached hydrogen (secondary N) is 1. The molecule has 4 rings (SSSR count). The highest BCUT2D eigenvalue weighted by molar-refractivity contribution is 6.06. The van der Waals surface area contributed by atoms with Crippen LogP contribution in [0.4, 0.5) is 5.82 Å². The minimum Gasteiger partial charge on any atom is -0.379 e. The largest absolute Gasteiger partial charge is 0.379 e. The van der Waals surface area contributed by atoms with Crippen LogP contribution < -0.4 is 10.2 Å². The molecule has 0 spiro atoms. The fourth-order valence-electron chi connectivity index (χ4n) is 3.91. The summed E-state index contributed by atoms with van der Waals surface area (Å²) in [6.07, 6.45) is 10.1. The molecule has 27 heavy (non-hydrogen) atoms. The number of aryl methyl sites for hydroxylation is 1. The van der Waals surface area contributed by atoms with Gasteiger partial charge in [0.05, 0.1) is 19.2 Å². The third kappa shape index (κ3) is 4.18. The number of allylic oxidation sites excluding steroid dienone is 1. The molecule has 1 fully saturated rings. The van der Waals surface area contributed by atoms with Crippen LogP contribution in [0.5, 0.6) is 0 Å². The number of likely N-dealkylation sites (N-methyl/N-ethyl adjacent to an activating group) is 1. The predicted octanol–water partition coefficient (Wildman–Crippen LogP) is 1.45. The molecule has 1 aromatic heterocycles. The Morgan fingerprint density at radius 1 is 1.33 bits per heavy atom. The third-order valence-corrected chi connectivity index (χ3v) is 5.26. The van der Waals surface area contributed by atoms with Gasteiger partial charge in [-0.05, 0) is 44.6 Å². The topological polar surface area (TPSA) is 79.7 Å². The molecule has 0 bridgehead atoms. The number of carbonyl (C=O) groups is 1. The minimum atomic E-state index is 0.00909. The average molecular weight is 369 g/mol. The van der Waals surface area contributed by atoms with Crippen molar-refractivity contribution in [2.75, 3.05) is 38.3 Å². The maximum Gasteiger partial charge on any atom is 0.239 e. The number of aliphatic imine (C=N–C) groups is 1. The smallest absolute Gasteiger partial charge is 0.239 e. The summed E-state index contributed by atoms with van der Waals surface area (Å²) in [4.78, 5) is 28.5. The van der Waals surface area contributed by atoms with Crippen LogP contribution in [0.15, 0.2) is 17.1 Å². The molecule has 1 aliphatic carbocycles. The molecule has 2 aliphatic heterocycles. The lowest BCUT2D eigenvalue weighted by molar-refractivity contribution is -0.121. The van der Waals surface area contributed by atoms with Crippen molar-refractivity contribution in [2.45, 2.75) is 44.6 Å². The van der Waals surface area contributed by atoms with Crippen LogP contribution in [0.3, 0.4) is 0 Å². The van der Waals surface area contributed by atoms with Gasteiger partial charge in [0.25, 0.3) is 0 Å². The van der Waals surface area contributed by atoms with Crippen molar-refractivity contribution in [3.8, 4) is 0 Å². The number of dihydropyridines is 1. The number of hydrogen-bond acceptors (Lipinski definition) is 6. The summed E-state index contributed by atoms with van der Waals surface area (Å²) < 4.78 is 5.45. The molecule has 144 valence electrons. The Bertz CT molecular complexity index is 768. The van der Waals surface area contributed by atoms with Crippen molar-refractivity contribution in [1.82, 2.24) is 15.3 Å². The van der Waals surface area contributed by atoms with Crippen molar-refractivity contribution in [3.05, 3.63) is 29.2 Å². The van der Waals surface area contributed by atoms with E-state index in [2.05, 4.69) is 16.4 Å². The number of aromatic nitrogens is 2. The SMILES string of the molecule is CN(CC(=O)NC1CCCOC1)c1nc(C2=NCCC=C2)nc2c1CCC2. The van der Waals surface area contributed by atoms with Gasteiger partial charge in [-0.25, -0.2) is 9.97 Å². The van der Waals surface area contributed by atoms with E-state index in [1.165, 1.54) is 5.56 Å². The van der Waals surface area contributed by atoms with Crippen LogP contribution in [-0.4, -0.2) is 61.0 Å². The molecule has 3 heterocycles. The van der Waals surface area contributed by atoms with E-state index < -0.39 is 0 Å². The molecular weight excluding hydrogens is 342 g/mol. The number of carbonyl (C=O) groups excluding carboxylic acids is 1. The van der Waals surface area contributed by atoms with Crippen molar-refractivity contribution < 1.29 is 9.53 Å². The van der Waals surface area contributed by atoms with E-state index >= 15 is 0 Å². The maximum absolute atomic E-state index is 12.5. The zero-order valence-electron chi connectivity index (χ0n) is 15.9. The average Bonchev–Trinajstić information content (AvgIpc) is 3.17. The maximum atomic E-state index is 12.5. The Balaban J connectivity index is 1.51. The first kappa shape index (κ1) is 18.1. The van der Waals surface area contributed by atoms with Gasteiger partial charge in [-0.15, -0.1) is 0 Å². The number of fused-ring (bicyclic) bond motifs is 1. The third-order valence-electron chi connectivity index (χ3n) is 5.26. The summed E-state index contributed by atoms with van der Waals surface area (Å²) in [5.41, 5.74) is 3.12. The van der Waals surface area contributed by atoms with Crippen LogP contribution in [0.2, 0.25) is 0 Å². The normalized spacial score (nSPS) is 21.5. The summed E-state index contributed by atoms with van der Waals surface area (Å²) in [6.45, 7) is 2.46. The lowest BCUT2D eigenvalue weighted by Crippen LogP contribution is -2.45. The van der Waals surface area contributed by atoms with E-state index in [1.54, 1.807) is 0 Å². The van der Waals surface area contributed by atoms with Crippen molar-refractivity contribution >= 4 is 17.4 Å². The summed E-state index contributed by atoms with van der Waals surface area (Å²) >= 11 is 0. The second kappa shape index (κ2) is 8.17. The first-order valence-electron chi connectivity index (χ1n) is 9.90. The quantitative estimate of drug-likeness (QED) is 0.850. The van der Waals surface area contributed by atoms with E-state index in [9.17, 15) is 4.79 Å². The van der Waals surface area contributed by atoms with Gasteiger partial charge in [0.15, 0.2) is 5.82 Å². The first-order chi connectivity index (χ1) is 13.2. The monoisotopic (exact) mass is 369 g/mol. The number of rotatable bonds is 5. The summed E-state index contributed by atoms with van der Waals surface area (Å²) in [5.74, 6) is 1.55. The molecule has 7 heteroatoms. The van der Waals surface area contributed by atoms with Crippen molar-refractivity contribution in [2.24, 2.45) is 4.99 Å². The van der Waals surface area contributed by atoms with Gasteiger partial charge < -0.3 is 15.0 Å². The molecule has 1 N–H and O–H groups in total. The number of hydrogen-bond donors (Lipinski definition) is 1. The molecule has 0 aromatic carbocycles. The van der Waals surface area contributed by atoms with Gasteiger partial charge >= 0.3 is 0 Å². The van der Waals surface area contributed by atoms with E-state index in [-0.39, 0.29) is 18.5 Å². The molecular formula is C20H27N5O2. The fraction of sp³-hybridized carbons (Fsp3) is 0.600. The highest BCUT2D eigenvalue weighted by Gasteiger charge is 2.24. The van der Waals surface area contributed by atoms with E-state index in [0.717, 1.165) is 68.9 Å². The second-order valence-corrected chi connectivity index (χ2v) is 7.45. The van der Waals surface area contributed by atoms with Gasteiger partial charge in [0, 0.05) is 31.5 Å². The van der Waals surface area contributed by atoms with Gasteiger partial charge in [-0.3, -0.25) is 9.79 Å². The van der Waals surface area contributed by atoms with E-state index in [1.807, 2.05) is 18.0 Å². The van der Waals surface area contributed by atoms with Crippen molar-refractivity contribution in [3.63, 3.8) is 0 Å². The molecule has 1 aromatic rings.